The van der Waals surface area contributed by atoms with Crippen molar-refractivity contribution in [3.05, 3.63) is 34.9 Å². The van der Waals surface area contributed by atoms with Crippen molar-refractivity contribution in [1.82, 2.24) is 10.2 Å². The van der Waals surface area contributed by atoms with Gasteiger partial charge in [-0.1, -0.05) is 6.07 Å². The molecular weight excluding hydrogens is 278 g/mol. The van der Waals surface area contributed by atoms with Gasteiger partial charge in [-0.05, 0) is 37.1 Å². The Morgan fingerprint density at radius 2 is 1.95 bits per heavy atom. The molecule has 0 fully saturated rings. The number of hydrogen-bond acceptors (Lipinski definition) is 3. The van der Waals surface area contributed by atoms with Gasteiger partial charge in [0.25, 0.3) is 5.91 Å². The summed E-state index contributed by atoms with van der Waals surface area (Å²) in [7, 11) is 0. The summed E-state index contributed by atoms with van der Waals surface area (Å²) in [5.74, 6) is -0.645. The summed E-state index contributed by atoms with van der Waals surface area (Å²) in [5.41, 5.74) is 8.17. The third-order valence-corrected chi connectivity index (χ3v) is 3.29. The van der Waals surface area contributed by atoms with E-state index in [0.717, 1.165) is 18.7 Å². The van der Waals surface area contributed by atoms with E-state index in [1.54, 1.807) is 0 Å². The maximum Gasteiger partial charge on any atom is 0.254 e. The number of nitrogens with zero attached hydrogens (tertiary/aromatic N) is 1. The average Bonchev–Trinajstić information content (AvgIpc) is 2.81. The number of nitrogens with one attached hydrogen (secondary N) is 1. The molecule has 0 bridgehead atoms. The van der Waals surface area contributed by atoms with Crippen molar-refractivity contribution in [1.29, 1.82) is 0 Å². The van der Waals surface area contributed by atoms with Crippen molar-refractivity contribution in [2.24, 2.45) is 5.73 Å². The van der Waals surface area contributed by atoms with E-state index in [0.29, 0.717) is 5.56 Å². The molecule has 110 valence electrons. The molecule has 0 spiro atoms. The van der Waals surface area contributed by atoms with E-state index in [-0.39, 0.29) is 30.9 Å². The minimum atomic E-state index is -0.495. The van der Waals surface area contributed by atoms with Gasteiger partial charge < -0.3 is 16.0 Å². The molecule has 3 N–H and O–H groups in total. The van der Waals surface area contributed by atoms with Crippen LogP contribution in [0.4, 0.5) is 0 Å². The number of fused-ring (bicyclic) bond motifs is 1. The number of hydrogen-bond donors (Lipinski definition) is 2. The van der Waals surface area contributed by atoms with Crippen LogP contribution < -0.4 is 11.1 Å². The minimum Gasteiger partial charge on any atom is -0.368 e. The lowest BCUT2D eigenvalue weighted by molar-refractivity contribution is -0.119. The lowest BCUT2D eigenvalue weighted by atomic mass is 10.1. The lowest BCUT2D eigenvalue weighted by Gasteiger charge is -2.25. The highest BCUT2D eigenvalue weighted by molar-refractivity contribution is 5.96. The zero-order chi connectivity index (χ0) is 14.0. The van der Waals surface area contributed by atoms with E-state index in [4.69, 9.17) is 5.73 Å². The number of carbonyl (C=O) groups excluding carboxylic acids is 2. The molecule has 0 aliphatic carbocycles. The number of rotatable bonds is 4. The normalized spacial score (nSPS) is 12.8. The van der Waals surface area contributed by atoms with Gasteiger partial charge in [0.1, 0.15) is 0 Å². The Hall–Kier alpha value is -1.59. The van der Waals surface area contributed by atoms with Crippen molar-refractivity contribution in [2.75, 3.05) is 6.54 Å². The summed E-state index contributed by atoms with van der Waals surface area (Å²) in [4.78, 5) is 25.0. The first kappa shape index (κ1) is 16.5. The first-order valence-electron chi connectivity index (χ1n) is 6.41. The van der Waals surface area contributed by atoms with Gasteiger partial charge in [0.05, 0.1) is 6.54 Å². The summed E-state index contributed by atoms with van der Waals surface area (Å²) < 4.78 is 0. The molecule has 0 unspecified atom stereocenters. The van der Waals surface area contributed by atoms with Crippen LogP contribution in [-0.4, -0.2) is 29.3 Å². The zero-order valence-corrected chi connectivity index (χ0v) is 12.5. The second-order valence-electron chi connectivity index (χ2n) is 5.08. The first-order valence-corrected chi connectivity index (χ1v) is 6.41. The van der Waals surface area contributed by atoms with Crippen molar-refractivity contribution < 1.29 is 9.59 Å². The molecule has 20 heavy (non-hydrogen) atoms. The molecule has 0 saturated carbocycles. The van der Waals surface area contributed by atoms with Crippen LogP contribution in [0.2, 0.25) is 0 Å². The molecule has 0 radical (unpaired) electrons. The highest BCUT2D eigenvalue weighted by Gasteiger charge is 2.22. The Morgan fingerprint density at radius 1 is 1.30 bits per heavy atom. The Labute approximate surface area is 124 Å². The van der Waals surface area contributed by atoms with Crippen LogP contribution in [0.3, 0.4) is 0 Å². The molecule has 1 aliphatic rings. The summed E-state index contributed by atoms with van der Waals surface area (Å²) in [5, 5.41) is 3.24. The summed E-state index contributed by atoms with van der Waals surface area (Å²) >= 11 is 0. The predicted molar refractivity (Wildman–Crippen MR) is 79.6 cm³/mol. The molecule has 6 heteroatoms. The van der Waals surface area contributed by atoms with E-state index in [1.807, 2.05) is 32.0 Å². The third-order valence-electron chi connectivity index (χ3n) is 3.29. The molecule has 1 aliphatic heterocycles. The number of amides is 2. The fraction of sp³-hybridized carbons (Fsp3) is 0.429. The van der Waals surface area contributed by atoms with Crippen LogP contribution in [0.5, 0.6) is 0 Å². The van der Waals surface area contributed by atoms with Crippen LogP contribution in [0, 0.1) is 0 Å². The van der Waals surface area contributed by atoms with Crippen LogP contribution in [-0.2, 0) is 17.9 Å². The number of halogens is 1. The van der Waals surface area contributed by atoms with Gasteiger partial charge in [0.15, 0.2) is 0 Å². The van der Waals surface area contributed by atoms with E-state index >= 15 is 0 Å². The van der Waals surface area contributed by atoms with Crippen molar-refractivity contribution in [3.8, 4) is 0 Å². The summed E-state index contributed by atoms with van der Waals surface area (Å²) in [6.07, 6.45) is 0. The van der Waals surface area contributed by atoms with E-state index in [9.17, 15) is 9.59 Å². The zero-order valence-electron chi connectivity index (χ0n) is 11.7. The highest BCUT2D eigenvalue weighted by Crippen LogP contribution is 2.18. The molecule has 0 atom stereocenters. The lowest BCUT2D eigenvalue weighted by Crippen LogP contribution is -2.42. The Kier molecular flexibility index (Phi) is 5.53. The molecule has 2 amide bonds. The van der Waals surface area contributed by atoms with E-state index < -0.39 is 5.91 Å². The number of nitrogens with two attached hydrogens (primary N) is 1. The van der Waals surface area contributed by atoms with Gasteiger partial charge in [-0.3, -0.25) is 9.59 Å². The Balaban J connectivity index is 0.00000200. The molecule has 1 heterocycles. The molecule has 2 rings (SSSR count). The topological polar surface area (TPSA) is 75.4 Å². The largest absolute Gasteiger partial charge is 0.368 e. The van der Waals surface area contributed by atoms with Crippen molar-refractivity contribution in [3.63, 3.8) is 0 Å². The number of carbonyl (C=O) groups is 2. The number of benzene rings is 1. The summed E-state index contributed by atoms with van der Waals surface area (Å²) in [6, 6.07) is 5.61. The standard InChI is InChI=1S/C14H19N3O2.ClH/c1-9(2)17(8-13(15)18)14(19)10-3-4-11-6-16-7-12(11)5-10;/h3-5,9,16H,6-8H2,1-2H3,(H2,15,18);1H. The SMILES string of the molecule is CC(C)N(CC(N)=O)C(=O)c1ccc2c(c1)CNC2.Cl. The average molecular weight is 298 g/mol. The third kappa shape index (κ3) is 3.49. The quantitative estimate of drug-likeness (QED) is 0.872. The molecule has 1 aromatic rings. The van der Waals surface area contributed by atoms with Gasteiger partial charge in [-0.2, -0.15) is 0 Å². The fourth-order valence-electron chi connectivity index (χ4n) is 2.25. The van der Waals surface area contributed by atoms with Gasteiger partial charge in [0.2, 0.25) is 5.91 Å². The van der Waals surface area contributed by atoms with E-state index in [1.165, 1.54) is 10.5 Å². The van der Waals surface area contributed by atoms with Gasteiger partial charge in [-0.15, -0.1) is 12.4 Å². The van der Waals surface area contributed by atoms with Crippen LogP contribution >= 0.6 is 12.4 Å². The van der Waals surface area contributed by atoms with Gasteiger partial charge in [0, 0.05) is 24.7 Å². The highest BCUT2D eigenvalue weighted by atomic mass is 35.5. The molecule has 5 nitrogen and oxygen atoms in total. The van der Waals surface area contributed by atoms with Crippen molar-refractivity contribution in [2.45, 2.75) is 33.0 Å². The number of primary amides is 1. The summed E-state index contributed by atoms with van der Waals surface area (Å²) in [6.45, 7) is 5.32. The van der Waals surface area contributed by atoms with Crippen LogP contribution in [0.1, 0.15) is 35.3 Å². The molecule has 1 aromatic carbocycles. The van der Waals surface area contributed by atoms with Crippen molar-refractivity contribution >= 4 is 24.2 Å². The predicted octanol–water partition coefficient (Wildman–Crippen LogP) is 1.05. The smallest absolute Gasteiger partial charge is 0.254 e. The second kappa shape index (κ2) is 6.72. The van der Waals surface area contributed by atoms with E-state index in [2.05, 4.69) is 5.32 Å². The first-order chi connectivity index (χ1) is 8.99. The van der Waals surface area contributed by atoms with Crippen LogP contribution in [0.15, 0.2) is 18.2 Å². The molecule has 0 saturated heterocycles. The second-order valence-corrected chi connectivity index (χ2v) is 5.08. The Morgan fingerprint density at radius 3 is 2.55 bits per heavy atom. The molecular formula is C14H20ClN3O2. The minimum absolute atomic E-state index is 0. The van der Waals surface area contributed by atoms with Gasteiger partial charge in [-0.25, -0.2) is 0 Å². The monoisotopic (exact) mass is 297 g/mol. The van der Waals surface area contributed by atoms with Gasteiger partial charge >= 0.3 is 0 Å². The maximum absolute atomic E-state index is 12.4. The Bertz CT molecular complexity index is 517. The fourth-order valence-corrected chi connectivity index (χ4v) is 2.25. The maximum atomic E-state index is 12.4. The molecule has 0 aromatic heterocycles. The van der Waals surface area contributed by atoms with Crippen LogP contribution in [0.25, 0.3) is 0 Å².